The maximum Gasteiger partial charge on any atom is 0.245 e. The second kappa shape index (κ2) is 6.82. The van der Waals surface area contributed by atoms with E-state index in [-0.39, 0.29) is 10.9 Å². The molecule has 1 aliphatic rings. The molecule has 4 heterocycles. The maximum absolute atomic E-state index is 13.1. The Morgan fingerprint density at radius 1 is 1.22 bits per heavy atom. The summed E-state index contributed by atoms with van der Waals surface area (Å²) in [7, 11) is -3.64. The number of hydrogen-bond acceptors (Lipinski definition) is 7. The van der Waals surface area contributed by atoms with Crippen LogP contribution in [0.2, 0.25) is 0 Å². The van der Waals surface area contributed by atoms with Crippen LogP contribution in [0.15, 0.2) is 46.2 Å². The van der Waals surface area contributed by atoms with Crippen LogP contribution in [0.3, 0.4) is 0 Å². The minimum atomic E-state index is -3.64. The average molecular weight is 385 g/mol. The first-order chi connectivity index (χ1) is 13.0. The summed E-state index contributed by atoms with van der Waals surface area (Å²) >= 11 is 0. The van der Waals surface area contributed by atoms with Gasteiger partial charge in [-0.25, -0.2) is 18.4 Å². The summed E-state index contributed by atoms with van der Waals surface area (Å²) in [5.41, 5.74) is 2.12. The Kier molecular flexibility index (Phi) is 4.48. The molecule has 140 valence electrons. The number of sulfonamides is 1. The Morgan fingerprint density at radius 3 is 2.78 bits per heavy atom. The van der Waals surface area contributed by atoms with E-state index in [2.05, 4.69) is 20.1 Å². The third-order valence-electron chi connectivity index (χ3n) is 4.72. The van der Waals surface area contributed by atoms with Gasteiger partial charge < -0.3 is 4.52 Å². The number of pyridine rings is 1. The van der Waals surface area contributed by atoms with Gasteiger partial charge in [0.25, 0.3) is 0 Å². The van der Waals surface area contributed by atoms with Crippen molar-refractivity contribution >= 4 is 10.0 Å². The lowest BCUT2D eigenvalue weighted by atomic mass is 10.1. The molecule has 1 atom stereocenters. The summed E-state index contributed by atoms with van der Waals surface area (Å²) in [4.78, 5) is 13.1. The quantitative estimate of drug-likeness (QED) is 0.680. The van der Waals surface area contributed by atoms with Gasteiger partial charge in [-0.1, -0.05) is 5.16 Å². The normalized spacial score (nSPS) is 18.1. The first kappa shape index (κ1) is 17.7. The van der Waals surface area contributed by atoms with Crippen LogP contribution in [0, 0.1) is 13.8 Å². The number of nitrogens with zero attached hydrogens (tertiary/aromatic N) is 5. The van der Waals surface area contributed by atoms with Crippen molar-refractivity contribution in [1.82, 2.24) is 24.4 Å². The van der Waals surface area contributed by atoms with Crippen molar-refractivity contribution in [2.24, 2.45) is 0 Å². The van der Waals surface area contributed by atoms with Crippen molar-refractivity contribution in [1.29, 1.82) is 0 Å². The summed E-state index contributed by atoms with van der Waals surface area (Å²) in [6.45, 7) is 4.09. The molecule has 1 saturated heterocycles. The van der Waals surface area contributed by atoms with Crippen LogP contribution in [0.4, 0.5) is 0 Å². The second-order valence-electron chi connectivity index (χ2n) is 6.47. The first-order valence-electron chi connectivity index (χ1n) is 8.66. The molecule has 27 heavy (non-hydrogen) atoms. The van der Waals surface area contributed by atoms with Crippen LogP contribution < -0.4 is 0 Å². The molecule has 0 bridgehead atoms. The molecule has 0 spiro atoms. The Morgan fingerprint density at radius 2 is 2.07 bits per heavy atom. The fourth-order valence-electron chi connectivity index (χ4n) is 3.44. The number of aryl methyl sites for hydroxylation is 2. The molecule has 0 amide bonds. The van der Waals surface area contributed by atoms with Crippen LogP contribution in [-0.4, -0.2) is 39.4 Å². The zero-order valence-corrected chi connectivity index (χ0v) is 15.8. The van der Waals surface area contributed by atoms with E-state index in [1.54, 1.807) is 37.5 Å². The van der Waals surface area contributed by atoms with Gasteiger partial charge in [-0.3, -0.25) is 4.98 Å². The van der Waals surface area contributed by atoms with Crippen molar-refractivity contribution in [3.8, 4) is 11.4 Å². The van der Waals surface area contributed by atoms with Gasteiger partial charge in [-0.2, -0.15) is 4.31 Å². The third kappa shape index (κ3) is 3.13. The summed E-state index contributed by atoms with van der Waals surface area (Å²) in [6, 6.07) is 4.62. The van der Waals surface area contributed by atoms with Crippen LogP contribution in [0.1, 0.15) is 36.0 Å². The monoisotopic (exact) mass is 385 g/mol. The molecule has 0 N–H and O–H groups in total. The zero-order chi connectivity index (χ0) is 19.0. The largest absolute Gasteiger partial charge is 0.361 e. The van der Waals surface area contributed by atoms with E-state index in [1.807, 2.05) is 6.92 Å². The van der Waals surface area contributed by atoms with Crippen LogP contribution >= 0.6 is 0 Å². The van der Waals surface area contributed by atoms with Crippen LogP contribution in [0.25, 0.3) is 11.4 Å². The molecule has 0 aromatic carbocycles. The summed E-state index contributed by atoms with van der Waals surface area (Å²) in [5.74, 6) is 1.13. The van der Waals surface area contributed by atoms with Gasteiger partial charge in [0.05, 0.1) is 23.0 Å². The Hall–Kier alpha value is -2.65. The fraction of sp³-hybridized carbons (Fsp3) is 0.333. The summed E-state index contributed by atoms with van der Waals surface area (Å²) < 4.78 is 32.8. The molecular weight excluding hydrogens is 366 g/mol. The van der Waals surface area contributed by atoms with Crippen molar-refractivity contribution in [2.45, 2.75) is 37.6 Å². The molecule has 1 aliphatic heterocycles. The maximum atomic E-state index is 13.1. The van der Waals surface area contributed by atoms with Crippen molar-refractivity contribution in [2.75, 3.05) is 6.54 Å². The van der Waals surface area contributed by atoms with Crippen molar-refractivity contribution in [3.63, 3.8) is 0 Å². The molecule has 0 saturated carbocycles. The molecule has 0 radical (unpaired) electrons. The predicted octanol–water partition coefficient (Wildman–Crippen LogP) is 2.67. The van der Waals surface area contributed by atoms with E-state index in [0.29, 0.717) is 35.9 Å². The zero-order valence-electron chi connectivity index (χ0n) is 15.0. The predicted molar refractivity (Wildman–Crippen MR) is 97.1 cm³/mol. The third-order valence-corrected chi connectivity index (χ3v) is 6.61. The highest BCUT2D eigenvalue weighted by Gasteiger charge is 2.37. The molecule has 3 aromatic rings. The molecule has 0 unspecified atom stereocenters. The molecule has 3 aromatic heterocycles. The standard InChI is InChI=1S/C18H19N5O3S/c1-12-17(13(2)26-22-12)18-20-9-7-15(21-18)16-6-4-10-23(16)27(24,25)14-5-3-8-19-11-14/h3,5,7-9,11,16H,4,6,10H2,1-2H3/t16-/m0/s1. The van der Waals surface area contributed by atoms with E-state index >= 15 is 0 Å². The van der Waals surface area contributed by atoms with E-state index in [4.69, 9.17) is 4.52 Å². The van der Waals surface area contributed by atoms with Gasteiger partial charge in [-0.05, 0) is 44.9 Å². The van der Waals surface area contributed by atoms with Gasteiger partial charge in [0.15, 0.2) is 5.82 Å². The lowest BCUT2D eigenvalue weighted by Crippen LogP contribution is -2.31. The second-order valence-corrected chi connectivity index (χ2v) is 8.36. The van der Waals surface area contributed by atoms with E-state index < -0.39 is 10.0 Å². The Bertz CT molecular complexity index is 1050. The molecule has 0 aliphatic carbocycles. The number of rotatable bonds is 4. The van der Waals surface area contributed by atoms with Gasteiger partial charge in [-0.15, -0.1) is 0 Å². The van der Waals surface area contributed by atoms with Gasteiger partial charge in [0, 0.05) is 25.1 Å². The lowest BCUT2D eigenvalue weighted by molar-refractivity contribution is 0.389. The number of hydrogen-bond donors (Lipinski definition) is 0. The van der Waals surface area contributed by atoms with Crippen molar-refractivity contribution in [3.05, 3.63) is 53.9 Å². The average Bonchev–Trinajstić information content (AvgIpc) is 3.30. The molecule has 4 rings (SSSR count). The Labute approximate surface area is 157 Å². The topological polar surface area (TPSA) is 102 Å². The molecule has 8 nitrogen and oxygen atoms in total. The van der Waals surface area contributed by atoms with E-state index in [1.165, 1.54) is 10.5 Å². The molecular formula is C18H19N5O3S. The highest BCUT2D eigenvalue weighted by atomic mass is 32.2. The number of aromatic nitrogens is 4. The summed E-state index contributed by atoms with van der Waals surface area (Å²) in [6.07, 6.45) is 6.06. The highest BCUT2D eigenvalue weighted by molar-refractivity contribution is 7.89. The highest BCUT2D eigenvalue weighted by Crippen LogP contribution is 2.36. The molecule has 1 fully saturated rings. The van der Waals surface area contributed by atoms with Crippen LogP contribution in [0.5, 0.6) is 0 Å². The smallest absolute Gasteiger partial charge is 0.245 e. The van der Waals surface area contributed by atoms with E-state index in [9.17, 15) is 8.42 Å². The Balaban J connectivity index is 1.72. The lowest BCUT2D eigenvalue weighted by Gasteiger charge is -2.23. The van der Waals surface area contributed by atoms with Gasteiger partial charge in [0.1, 0.15) is 10.7 Å². The SMILES string of the molecule is Cc1noc(C)c1-c1nccc([C@@H]2CCCN2S(=O)(=O)c2cccnc2)n1. The van der Waals surface area contributed by atoms with Gasteiger partial charge in [0.2, 0.25) is 10.0 Å². The summed E-state index contributed by atoms with van der Waals surface area (Å²) in [5, 5.41) is 3.95. The first-order valence-corrected chi connectivity index (χ1v) is 10.1. The van der Waals surface area contributed by atoms with Gasteiger partial charge >= 0.3 is 0 Å². The molecule has 9 heteroatoms. The fourth-order valence-corrected chi connectivity index (χ4v) is 5.07. The van der Waals surface area contributed by atoms with Crippen LogP contribution in [-0.2, 0) is 10.0 Å². The van der Waals surface area contributed by atoms with E-state index in [0.717, 1.165) is 12.0 Å². The van der Waals surface area contributed by atoms with Crippen molar-refractivity contribution < 1.29 is 12.9 Å². The minimum absolute atomic E-state index is 0.192. The minimum Gasteiger partial charge on any atom is -0.361 e.